The Morgan fingerprint density at radius 2 is 1.04 bits per heavy atom. The minimum atomic E-state index is -0.910. The van der Waals surface area contributed by atoms with Gasteiger partial charge in [0.15, 0.2) is 0 Å². The summed E-state index contributed by atoms with van der Waals surface area (Å²) in [7, 11) is 0. The molecule has 25 heavy (non-hydrogen) atoms. The number of aliphatic hydroxyl groups is 1. The summed E-state index contributed by atoms with van der Waals surface area (Å²) in [5.41, 5.74) is 5.40. The van der Waals surface area contributed by atoms with E-state index >= 15 is 0 Å². The SMILES string of the molecule is C[C@H](N)C(=O)N[C@@H](C)C(=O)N[C@@H](C)C(=O)N[C@@H](C)C(=O)N[C@@H](C)CO. The van der Waals surface area contributed by atoms with E-state index in [9.17, 15) is 19.2 Å². The van der Waals surface area contributed by atoms with Crippen LogP contribution in [0.1, 0.15) is 34.6 Å². The van der Waals surface area contributed by atoms with Crippen LogP contribution in [0, 0.1) is 0 Å². The van der Waals surface area contributed by atoms with Crippen molar-refractivity contribution in [1.82, 2.24) is 21.3 Å². The van der Waals surface area contributed by atoms with Crippen LogP contribution in [0.5, 0.6) is 0 Å². The second kappa shape index (κ2) is 10.6. The molecule has 144 valence electrons. The van der Waals surface area contributed by atoms with Gasteiger partial charge in [-0.25, -0.2) is 0 Å². The van der Waals surface area contributed by atoms with Crippen molar-refractivity contribution in [2.75, 3.05) is 6.61 Å². The van der Waals surface area contributed by atoms with Crippen LogP contribution in [-0.2, 0) is 19.2 Å². The molecular formula is C15H29N5O5. The molecule has 10 heteroatoms. The molecule has 7 N–H and O–H groups in total. The molecule has 0 spiro atoms. The summed E-state index contributed by atoms with van der Waals surface area (Å²) < 4.78 is 0. The maximum Gasteiger partial charge on any atom is 0.242 e. The summed E-state index contributed by atoms with van der Waals surface area (Å²) in [5, 5.41) is 18.7. The van der Waals surface area contributed by atoms with Gasteiger partial charge in [-0.3, -0.25) is 19.2 Å². The minimum absolute atomic E-state index is 0.218. The highest BCUT2D eigenvalue weighted by atomic mass is 16.3. The van der Waals surface area contributed by atoms with Gasteiger partial charge in [-0.05, 0) is 34.6 Å². The first kappa shape index (κ1) is 22.8. The molecule has 0 aliphatic rings. The molecule has 4 amide bonds. The van der Waals surface area contributed by atoms with E-state index < -0.39 is 53.8 Å². The Bertz CT molecular complexity index is 497. The summed E-state index contributed by atoms with van der Waals surface area (Å²) in [6.07, 6.45) is 0. The van der Waals surface area contributed by atoms with E-state index in [1.54, 1.807) is 6.92 Å². The fourth-order valence-electron chi connectivity index (χ4n) is 1.63. The Hall–Kier alpha value is -2.20. The molecule has 0 aromatic rings. The van der Waals surface area contributed by atoms with Crippen LogP contribution in [0.3, 0.4) is 0 Å². The van der Waals surface area contributed by atoms with Crippen molar-refractivity contribution in [3.8, 4) is 0 Å². The third-order valence-corrected chi connectivity index (χ3v) is 3.33. The first-order chi connectivity index (χ1) is 11.5. The zero-order chi connectivity index (χ0) is 19.7. The van der Waals surface area contributed by atoms with Gasteiger partial charge in [-0.1, -0.05) is 0 Å². The quantitative estimate of drug-likeness (QED) is 0.263. The molecule has 0 saturated heterocycles. The Balaban J connectivity index is 4.47. The topological polar surface area (TPSA) is 163 Å². The molecule has 5 atom stereocenters. The summed E-state index contributed by atoms with van der Waals surface area (Å²) in [6, 6.07) is -3.79. The Kier molecular flexibility index (Phi) is 9.69. The Morgan fingerprint density at radius 3 is 1.36 bits per heavy atom. The van der Waals surface area contributed by atoms with E-state index in [2.05, 4.69) is 21.3 Å². The van der Waals surface area contributed by atoms with E-state index in [0.717, 1.165) is 0 Å². The van der Waals surface area contributed by atoms with Crippen LogP contribution < -0.4 is 27.0 Å². The standard InChI is InChI=1S/C15H29N5O5/c1-7(6-21)17-13(23)9(3)19-15(25)11(5)20-14(24)10(4)18-12(22)8(2)16/h7-11,21H,6,16H2,1-5H3,(H,17,23)(H,18,22)(H,19,25)(H,20,24)/t7-,8-,9-,10-,11-/m0/s1. The van der Waals surface area contributed by atoms with Crippen LogP contribution in [0.15, 0.2) is 0 Å². The highest BCUT2D eigenvalue weighted by Gasteiger charge is 2.24. The molecule has 0 aromatic heterocycles. The number of hydrogen-bond acceptors (Lipinski definition) is 6. The van der Waals surface area contributed by atoms with Gasteiger partial charge in [-0.2, -0.15) is 0 Å². The van der Waals surface area contributed by atoms with Crippen LogP contribution >= 0.6 is 0 Å². The van der Waals surface area contributed by atoms with Crippen LogP contribution in [-0.4, -0.2) is 65.6 Å². The maximum atomic E-state index is 12.0. The predicted molar refractivity (Wildman–Crippen MR) is 91.2 cm³/mol. The van der Waals surface area contributed by atoms with E-state index in [1.807, 2.05) is 0 Å². The highest BCUT2D eigenvalue weighted by Crippen LogP contribution is 1.92. The number of nitrogens with one attached hydrogen (secondary N) is 4. The summed E-state index contributed by atoms with van der Waals surface area (Å²) in [4.78, 5) is 47.3. The fourth-order valence-corrected chi connectivity index (χ4v) is 1.63. The first-order valence-corrected chi connectivity index (χ1v) is 8.07. The lowest BCUT2D eigenvalue weighted by atomic mass is 10.2. The van der Waals surface area contributed by atoms with Gasteiger partial charge in [0, 0.05) is 6.04 Å². The number of hydrogen-bond donors (Lipinski definition) is 6. The fraction of sp³-hybridized carbons (Fsp3) is 0.733. The molecule has 0 aromatic carbocycles. The molecule has 10 nitrogen and oxygen atoms in total. The van der Waals surface area contributed by atoms with E-state index in [-0.39, 0.29) is 6.61 Å². The zero-order valence-electron chi connectivity index (χ0n) is 15.3. The summed E-state index contributed by atoms with van der Waals surface area (Å²) in [6.45, 7) is 7.29. The Labute approximate surface area is 147 Å². The molecule has 0 rings (SSSR count). The van der Waals surface area contributed by atoms with Gasteiger partial charge in [0.25, 0.3) is 0 Å². The van der Waals surface area contributed by atoms with Gasteiger partial charge in [0.1, 0.15) is 18.1 Å². The molecule has 0 unspecified atom stereocenters. The minimum Gasteiger partial charge on any atom is -0.394 e. The Morgan fingerprint density at radius 1 is 0.720 bits per heavy atom. The lowest BCUT2D eigenvalue weighted by Crippen LogP contribution is -2.56. The molecule has 0 aliphatic carbocycles. The number of nitrogens with two attached hydrogens (primary N) is 1. The molecule has 0 radical (unpaired) electrons. The van der Waals surface area contributed by atoms with Crippen molar-refractivity contribution in [3.05, 3.63) is 0 Å². The van der Waals surface area contributed by atoms with Gasteiger partial charge in [0.05, 0.1) is 12.6 Å². The number of amides is 4. The van der Waals surface area contributed by atoms with E-state index in [0.29, 0.717) is 0 Å². The lowest BCUT2D eigenvalue weighted by Gasteiger charge is -2.21. The number of carbonyl (C=O) groups excluding carboxylic acids is 4. The molecule has 0 heterocycles. The average molecular weight is 359 g/mol. The number of aliphatic hydroxyl groups excluding tert-OH is 1. The zero-order valence-corrected chi connectivity index (χ0v) is 15.3. The van der Waals surface area contributed by atoms with Crippen LogP contribution in [0.2, 0.25) is 0 Å². The van der Waals surface area contributed by atoms with Crippen LogP contribution in [0.4, 0.5) is 0 Å². The second-order valence-electron chi connectivity index (χ2n) is 6.07. The molecule has 0 fully saturated rings. The van der Waals surface area contributed by atoms with Crippen molar-refractivity contribution in [2.24, 2.45) is 5.73 Å². The van der Waals surface area contributed by atoms with Crippen molar-refractivity contribution >= 4 is 23.6 Å². The monoisotopic (exact) mass is 359 g/mol. The third-order valence-electron chi connectivity index (χ3n) is 3.33. The smallest absolute Gasteiger partial charge is 0.242 e. The van der Waals surface area contributed by atoms with E-state index in [4.69, 9.17) is 10.8 Å². The van der Waals surface area contributed by atoms with Gasteiger partial charge in [-0.15, -0.1) is 0 Å². The summed E-state index contributed by atoms with van der Waals surface area (Å²) >= 11 is 0. The third kappa shape index (κ3) is 8.45. The predicted octanol–water partition coefficient (Wildman–Crippen LogP) is -2.66. The average Bonchev–Trinajstić information content (AvgIpc) is 2.53. The van der Waals surface area contributed by atoms with Crippen molar-refractivity contribution in [2.45, 2.75) is 64.8 Å². The molecule has 0 bridgehead atoms. The lowest BCUT2D eigenvalue weighted by molar-refractivity contribution is -0.133. The first-order valence-electron chi connectivity index (χ1n) is 8.07. The number of carbonyl (C=O) groups is 4. The molecule has 0 aliphatic heterocycles. The normalized spacial score (nSPS) is 16.6. The molecule has 0 saturated carbocycles. The van der Waals surface area contributed by atoms with Gasteiger partial charge >= 0.3 is 0 Å². The second-order valence-corrected chi connectivity index (χ2v) is 6.07. The van der Waals surface area contributed by atoms with Crippen molar-refractivity contribution in [3.63, 3.8) is 0 Å². The molecular weight excluding hydrogens is 330 g/mol. The maximum absolute atomic E-state index is 12.0. The largest absolute Gasteiger partial charge is 0.394 e. The van der Waals surface area contributed by atoms with Gasteiger partial charge < -0.3 is 32.1 Å². The van der Waals surface area contributed by atoms with Crippen LogP contribution in [0.25, 0.3) is 0 Å². The van der Waals surface area contributed by atoms with Crippen molar-refractivity contribution < 1.29 is 24.3 Å². The summed E-state index contributed by atoms with van der Waals surface area (Å²) in [5.74, 6) is -2.05. The number of rotatable bonds is 9. The highest BCUT2D eigenvalue weighted by molar-refractivity contribution is 5.94. The van der Waals surface area contributed by atoms with E-state index in [1.165, 1.54) is 27.7 Å². The van der Waals surface area contributed by atoms with Gasteiger partial charge in [0.2, 0.25) is 23.6 Å². The van der Waals surface area contributed by atoms with Crippen molar-refractivity contribution in [1.29, 1.82) is 0 Å².